The zero-order chi connectivity index (χ0) is 22.5. The van der Waals surface area contributed by atoms with Crippen molar-refractivity contribution >= 4 is 17.6 Å². The van der Waals surface area contributed by atoms with E-state index < -0.39 is 12.1 Å². The molecule has 0 aliphatic heterocycles. The van der Waals surface area contributed by atoms with Crippen molar-refractivity contribution in [1.82, 2.24) is 9.78 Å². The molecule has 31 heavy (non-hydrogen) atoms. The van der Waals surface area contributed by atoms with Crippen LogP contribution in [-0.4, -0.2) is 27.8 Å². The largest absolute Gasteiger partial charge is 0.453 e. The van der Waals surface area contributed by atoms with E-state index in [0.717, 1.165) is 39.5 Å². The molecule has 1 N–H and O–H groups in total. The van der Waals surface area contributed by atoms with E-state index in [4.69, 9.17) is 4.74 Å². The minimum Gasteiger partial charge on any atom is -0.453 e. The predicted octanol–water partition coefficient (Wildman–Crippen LogP) is 4.61. The number of nitrogens with zero attached hydrogens (tertiary/aromatic N) is 2. The van der Waals surface area contributed by atoms with Crippen LogP contribution in [0.15, 0.2) is 48.5 Å². The third-order valence-electron chi connectivity index (χ3n) is 5.35. The minimum absolute atomic E-state index is 0.184. The molecule has 6 heteroatoms. The number of nitrogens with one attached hydrogen (secondary N) is 1. The maximum atomic E-state index is 12.5. The molecule has 1 heterocycles. The third kappa shape index (κ3) is 5.40. The van der Waals surface area contributed by atoms with Crippen molar-refractivity contribution < 1.29 is 14.3 Å². The maximum absolute atomic E-state index is 12.5. The van der Waals surface area contributed by atoms with Crippen LogP contribution in [-0.2, 0) is 20.7 Å². The van der Waals surface area contributed by atoms with Gasteiger partial charge in [0.15, 0.2) is 6.10 Å². The highest BCUT2D eigenvalue weighted by Crippen LogP contribution is 2.20. The highest BCUT2D eigenvalue weighted by atomic mass is 16.5. The van der Waals surface area contributed by atoms with Gasteiger partial charge in [0.2, 0.25) is 0 Å². The molecule has 0 saturated carbocycles. The average Bonchev–Trinajstić information content (AvgIpc) is 3.03. The fourth-order valence-electron chi connectivity index (χ4n) is 3.50. The van der Waals surface area contributed by atoms with Crippen molar-refractivity contribution in [2.24, 2.45) is 0 Å². The summed E-state index contributed by atoms with van der Waals surface area (Å²) in [6, 6.07) is 15.7. The zero-order valence-corrected chi connectivity index (χ0v) is 18.7. The Balaban J connectivity index is 1.58. The normalized spacial score (nSPS) is 11.8. The van der Waals surface area contributed by atoms with Crippen LogP contribution < -0.4 is 5.32 Å². The molecular weight excluding hydrogens is 390 g/mol. The number of ether oxygens (including phenoxy) is 1. The van der Waals surface area contributed by atoms with Crippen LogP contribution in [0.2, 0.25) is 0 Å². The number of amides is 1. The summed E-state index contributed by atoms with van der Waals surface area (Å²) in [5, 5.41) is 7.45. The molecule has 0 bridgehead atoms. The quantitative estimate of drug-likeness (QED) is 0.568. The van der Waals surface area contributed by atoms with Gasteiger partial charge in [-0.3, -0.25) is 9.59 Å². The smallest absolute Gasteiger partial charge is 0.306 e. The first kappa shape index (κ1) is 22.3. The number of hydrogen-bond acceptors (Lipinski definition) is 4. The molecule has 0 unspecified atom stereocenters. The summed E-state index contributed by atoms with van der Waals surface area (Å²) in [6.07, 6.45) is -0.181. The first-order valence-corrected chi connectivity index (χ1v) is 10.4. The lowest BCUT2D eigenvalue weighted by Gasteiger charge is -2.15. The van der Waals surface area contributed by atoms with Crippen molar-refractivity contribution in [3.8, 4) is 5.69 Å². The van der Waals surface area contributed by atoms with Crippen LogP contribution in [0.4, 0.5) is 5.69 Å². The summed E-state index contributed by atoms with van der Waals surface area (Å²) >= 11 is 0. The monoisotopic (exact) mass is 419 g/mol. The molecule has 0 aliphatic rings. The molecule has 0 spiro atoms. The van der Waals surface area contributed by atoms with Gasteiger partial charge in [-0.1, -0.05) is 30.3 Å². The number of hydrogen-bond donors (Lipinski definition) is 1. The predicted molar refractivity (Wildman–Crippen MR) is 121 cm³/mol. The van der Waals surface area contributed by atoms with Crippen molar-refractivity contribution in [1.29, 1.82) is 0 Å². The molecule has 1 atom stereocenters. The van der Waals surface area contributed by atoms with Crippen LogP contribution in [0.1, 0.15) is 41.4 Å². The van der Waals surface area contributed by atoms with Gasteiger partial charge in [0.1, 0.15) is 0 Å². The molecule has 2 aromatic carbocycles. The Morgan fingerprint density at radius 2 is 1.77 bits per heavy atom. The van der Waals surface area contributed by atoms with Gasteiger partial charge < -0.3 is 10.1 Å². The molecule has 162 valence electrons. The number of anilines is 1. The van der Waals surface area contributed by atoms with Crippen molar-refractivity contribution in [3.05, 3.63) is 76.6 Å². The molecule has 3 aromatic rings. The van der Waals surface area contributed by atoms with Gasteiger partial charge in [-0.05, 0) is 75.9 Å². The molecule has 6 nitrogen and oxygen atoms in total. The van der Waals surface area contributed by atoms with E-state index in [2.05, 4.69) is 10.4 Å². The van der Waals surface area contributed by atoms with Gasteiger partial charge in [-0.15, -0.1) is 0 Å². The average molecular weight is 420 g/mol. The summed E-state index contributed by atoms with van der Waals surface area (Å²) in [7, 11) is 0. The summed E-state index contributed by atoms with van der Waals surface area (Å²) in [5.41, 5.74) is 6.62. The van der Waals surface area contributed by atoms with Crippen molar-refractivity contribution in [2.75, 3.05) is 5.32 Å². The molecule has 0 radical (unpaired) electrons. The van der Waals surface area contributed by atoms with Gasteiger partial charge in [0, 0.05) is 17.8 Å². The highest BCUT2D eigenvalue weighted by Gasteiger charge is 2.20. The lowest BCUT2D eigenvalue weighted by atomic mass is 10.1. The van der Waals surface area contributed by atoms with E-state index in [1.165, 1.54) is 0 Å². The number of rotatable bonds is 7. The second-order valence-corrected chi connectivity index (χ2v) is 7.84. The van der Waals surface area contributed by atoms with Gasteiger partial charge in [0.05, 0.1) is 11.4 Å². The molecule has 0 aliphatic carbocycles. The summed E-state index contributed by atoms with van der Waals surface area (Å²) in [6.45, 7) is 9.40. The van der Waals surface area contributed by atoms with Gasteiger partial charge in [0.25, 0.3) is 5.91 Å². The Morgan fingerprint density at radius 3 is 2.48 bits per heavy atom. The SMILES string of the molecule is Cc1ccc(C)c(NC(=O)[C@H](C)OC(=O)CCc2c(C)nn(-c3ccccc3)c2C)c1. The summed E-state index contributed by atoms with van der Waals surface area (Å²) in [5.74, 6) is -0.749. The van der Waals surface area contributed by atoms with Crippen LogP contribution in [0, 0.1) is 27.7 Å². The third-order valence-corrected chi connectivity index (χ3v) is 5.35. The lowest BCUT2D eigenvalue weighted by Crippen LogP contribution is -2.30. The van der Waals surface area contributed by atoms with E-state index in [-0.39, 0.29) is 12.3 Å². The Morgan fingerprint density at radius 1 is 1.06 bits per heavy atom. The lowest BCUT2D eigenvalue weighted by molar-refractivity contribution is -0.153. The Hall–Kier alpha value is -3.41. The Bertz CT molecular complexity index is 1090. The number of aromatic nitrogens is 2. The zero-order valence-electron chi connectivity index (χ0n) is 18.7. The van der Waals surface area contributed by atoms with Crippen LogP contribution in [0.25, 0.3) is 5.69 Å². The topological polar surface area (TPSA) is 73.2 Å². The number of esters is 1. The van der Waals surface area contributed by atoms with Gasteiger partial charge in [-0.25, -0.2) is 4.68 Å². The molecule has 0 saturated heterocycles. The standard InChI is InChI=1S/C25H29N3O3/c1-16-11-12-17(2)23(15-16)26-25(30)20(5)31-24(29)14-13-22-18(3)27-28(19(22)4)21-9-7-6-8-10-21/h6-12,15,20H,13-14H2,1-5H3,(H,26,30)/t20-/m0/s1. The number of aryl methyl sites for hydroxylation is 3. The van der Waals surface area contributed by atoms with E-state index in [1.54, 1.807) is 6.92 Å². The number of benzene rings is 2. The first-order valence-electron chi connectivity index (χ1n) is 10.4. The Labute approximate surface area is 183 Å². The second kappa shape index (κ2) is 9.60. The summed E-state index contributed by atoms with van der Waals surface area (Å²) in [4.78, 5) is 24.8. The summed E-state index contributed by atoms with van der Waals surface area (Å²) < 4.78 is 7.25. The number of carbonyl (C=O) groups is 2. The molecule has 1 aromatic heterocycles. The first-order chi connectivity index (χ1) is 14.8. The fraction of sp³-hybridized carbons (Fsp3) is 0.320. The van der Waals surface area contributed by atoms with Crippen LogP contribution in [0.3, 0.4) is 0 Å². The molecular formula is C25H29N3O3. The van der Waals surface area contributed by atoms with Crippen LogP contribution in [0.5, 0.6) is 0 Å². The highest BCUT2D eigenvalue weighted by molar-refractivity contribution is 5.95. The van der Waals surface area contributed by atoms with E-state index in [9.17, 15) is 9.59 Å². The second-order valence-electron chi connectivity index (χ2n) is 7.84. The van der Waals surface area contributed by atoms with Gasteiger partial charge in [-0.2, -0.15) is 5.10 Å². The molecule has 3 rings (SSSR count). The maximum Gasteiger partial charge on any atom is 0.306 e. The van der Waals surface area contributed by atoms with E-state index in [0.29, 0.717) is 6.42 Å². The minimum atomic E-state index is -0.873. The van der Waals surface area contributed by atoms with E-state index >= 15 is 0 Å². The van der Waals surface area contributed by atoms with Crippen molar-refractivity contribution in [3.63, 3.8) is 0 Å². The fourth-order valence-corrected chi connectivity index (χ4v) is 3.50. The van der Waals surface area contributed by atoms with Gasteiger partial charge >= 0.3 is 5.97 Å². The Kier molecular flexibility index (Phi) is 6.90. The van der Waals surface area contributed by atoms with Crippen molar-refractivity contribution in [2.45, 2.75) is 53.6 Å². The van der Waals surface area contributed by atoms with Crippen LogP contribution >= 0.6 is 0 Å². The number of carbonyl (C=O) groups excluding carboxylic acids is 2. The molecule has 0 fully saturated rings. The molecule has 1 amide bonds. The number of para-hydroxylation sites is 1. The van der Waals surface area contributed by atoms with E-state index in [1.807, 2.05) is 80.9 Å².